The first-order valence-corrected chi connectivity index (χ1v) is 12.1. The molecule has 5 rings (SSSR count). The van der Waals surface area contributed by atoms with E-state index in [1.54, 1.807) is 0 Å². The van der Waals surface area contributed by atoms with Gasteiger partial charge in [0.1, 0.15) is 0 Å². The van der Waals surface area contributed by atoms with Crippen LogP contribution in [0.3, 0.4) is 0 Å². The highest BCUT2D eigenvalue weighted by molar-refractivity contribution is 7.80. The number of allylic oxidation sites excluding steroid dienone is 1. The molecule has 0 bridgehead atoms. The van der Waals surface area contributed by atoms with Crippen molar-refractivity contribution >= 4 is 51.8 Å². The highest BCUT2D eigenvalue weighted by atomic mass is 35.5. The highest BCUT2D eigenvalue weighted by Crippen LogP contribution is 2.48. The molecule has 3 aromatic rings. The van der Waals surface area contributed by atoms with Gasteiger partial charge >= 0.3 is 0 Å². The number of Topliss-reactive ketones (excluding diaryl/α,β-unsaturated/α-hetero) is 1. The van der Waals surface area contributed by atoms with Crippen molar-refractivity contribution < 1.29 is 4.79 Å². The van der Waals surface area contributed by atoms with E-state index in [1.807, 2.05) is 78.9 Å². The first-order valence-electron chi connectivity index (χ1n) is 11.4. The molecule has 4 nitrogen and oxygen atoms in total. The number of ketones is 1. The van der Waals surface area contributed by atoms with Crippen molar-refractivity contribution in [3.8, 4) is 0 Å². The summed E-state index contributed by atoms with van der Waals surface area (Å²) >= 11 is 12.2. The quantitative estimate of drug-likeness (QED) is 0.370. The molecule has 6 heteroatoms. The summed E-state index contributed by atoms with van der Waals surface area (Å²) in [5.74, 6) is 0.138. The SMILES string of the molecule is CC1(C)CC(=O)C2=C(C1)Nc1ccccc1N(C(=S)Nc1ccccc1)C2c1ccc(Cl)cc1. The number of anilines is 3. The lowest BCUT2D eigenvalue weighted by Crippen LogP contribution is -2.41. The second kappa shape index (κ2) is 8.90. The molecule has 0 fully saturated rings. The molecule has 2 aliphatic rings. The Labute approximate surface area is 210 Å². The van der Waals surface area contributed by atoms with Gasteiger partial charge in [-0.2, -0.15) is 0 Å². The van der Waals surface area contributed by atoms with E-state index in [1.165, 1.54) is 0 Å². The third kappa shape index (κ3) is 4.33. The molecule has 0 spiro atoms. The number of thiocarbonyl (C=S) groups is 1. The van der Waals surface area contributed by atoms with E-state index in [0.29, 0.717) is 16.6 Å². The third-order valence-corrected chi connectivity index (χ3v) is 6.88. The second-order valence-corrected chi connectivity index (χ2v) is 10.4. The van der Waals surface area contributed by atoms with Crippen LogP contribution in [0.4, 0.5) is 17.1 Å². The summed E-state index contributed by atoms with van der Waals surface area (Å²) in [6, 6.07) is 25.2. The van der Waals surface area contributed by atoms with Crippen molar-refractivity contribution in [2.45, 2.75) is 32.7 Å². The predicted octanol–water partition coefficient (Wildman–Crippen LogP) is 7.35. The van der Waals surface area contributed by atoms with Crippen molar-refractivity contribution in [3.05, 3.63) is 101 Å². The molecule has 1 aliphatic carbocycles. The summed E-state index contributed by atoms with van der Waals surface area (Å²) in [5, 5.41) is 8.17. The molecule has 0 aromatic heterocycles. The van der Waals surface area contributed by atoms with Gasteiger partial charge in [-0.15, -0.1) is 0 Å². The zero-order chi connectivity index (χ0) is 23.9. The van der Waals surface area contributed by atoms with Gasteiger partial charge in [0.15, 0.2) is 10.9 Å². The number of halogens is 1. The average molecular weight is 488 g/mol. The number of rotatable bonds is 2. The van der Waals surface area contributed by atoms with Crippen LogP contribution in [0.1, 0.15) is 38.3 Å². The van der Waals surface area contributed by atoms with Gasteiger partial charge in [0.2, 0.25) is 0 Å². The van der Waals surface area contributed by atoms with Crippen molar-refractivity contribution in [1.29, 1.82) is 0 Å². The van der Waals surface area contributed by atoms with Gasteiger partial charge < -0.3 is 15.5 Å². The fraction of sp³-hybridized carbons (Fsp3) is 0.214. The molecule has 34 heavy (non-hydrogen) atoms. The summed E-state index contributed by atoms with van der Waals surface area (Å²) < 4.78 is 0. The minimum Gasteiger partial charge on any atom is -0.357 e. The van der Waals surface area contributed by atoms with Gasteiger partial charge in [-0.25, -0.2) is 0 Å². The van der Waals surface area contributed by atoms with Crippen molar-refractivity contribution in [3.63, 3.8) is 0 Å². The summed E-state index contributed by atoms with van der Waals surface area (Å²) in [7, 11) is 0. The Morgan fingerprint density at radius 1 is 1.00 bits per heavy atom. The molecule has 1 heterocycles. The Bertz CT molecular complexity index is 1280. The monoisotopic (exact) mass is 487 g/mol. The molecule has 3 aromatic carbocycles. The van der Waals surface area contributed by atoms with Crippen LogP contribution >= 0.6 is 23.8 Å². The summed E-state index contributed by atoms with van der Waals surface area (Å²) in [4.78, 5) is 15.8. The van der Waals surface area contributed by atoms with E-state index >= 15 is 0 Å². The molecule has 0 amide bonds. The van der Waals surface area contributed by atoms with Crippen LogP contribution in [0, 0.1) is 5.41 Å². The van der Waals surface area contributed by atoms with Crippen LogP contribution in [0.2, 0.25) is 5.02 Å². The first-order chi connectivity index (χ1) is 16.3. The zero-order valence-electron chi connectivity index (χ0n) is 19.1. The van der Waals surface area contributed by atoms with Crippen molar-refractivity contribution in [1.82, 2.24) is 0 Å². The number of carbonyl (C=O) groups excluding carboxylic acids is 1. The van der Waals surface area contributed by atoms with Gasteiger partial charge in [0, 0.05) is 28.4 Å². The lowest BCUT2D eigenvalue weighted by atomic mass is 9.73. The number of hydrogen-bond donors (Lipinski definition) is 2. The van der Waals surface area contributed by atoms with Gasteiger partial charge in [-0.05, 0) is 66.0 Å². The maximum absolute atomic E-state index is 13.7. The van der Waals surface area contributed by atoms with Crippen molar-refractivity contribution in [2.24, 2.45) is 5.41 Å². The van der Waals surface area contributed by atoms with E-state index in [4.69, 9.17) is 23.8 Å². The molecule has 0 saturated heterocycles. The number of carbonyl (C=O) groups is 1. The molecular weight excluding hydrogens is 462 g/mol. The maximum Gasteiger partial charge on any atom is 0.178 e. The smallest absolute Gasteiger partial charge is 0.178 e. The Kier molecular flexibility index (Phi) is 5.92. The Balaban J connectivity index is 1.72. The minimum absolute atomic E-state index is 0.125. The Hall–Kier alpha value is -3.15. The Morgan fingerprint density at radius 3 is 2.41 bits per heavy atom. The largest absolute Gasteiger partial charge is 0.357 e. The molecule has 1 unspecified atom stereocenters. The van der Waals surface area contributed by atoms with E-state index in [-0.39, 0.29) is 11.2 Å². The van der Waals surface area contributed by atoms with Crippen molar-refractivity contribution in [2.75, 3.05) is 15.5 Å². The predicted molar refractivity (Wildman–Crippen MR) is 144 cm³/mol. The van der Waals surface area contributed by atoms with Crippen LogP contribution in [0.25, 0.3) is 0 Å². The number of hydrogen-bond acceptors (Lipinski definition) is 3. The van der Waals surface area contributed by atoms with Crippen LogP contribution in [-0.4, -0.2) is 10.9 Å². The lowest BCUT2D eigenvalue weighted by molar-refractivity contribution is -0.118. The molecule has 0 radical (unpaired) electrons. The molecule has 2 N–H and O–H groups in total. The zero-order valence-corrected chi connectivity index (χ0v) is 20.7. The van der Waals surface area contributed by atoms with Gasteiger partial charge in [-0.1, -0.05) is 67.9 Å². The highest BCUT2D eigenvalue weighted by Gasteiger charge is 2.42. The van der Waals surface area contributed by atoms with Crippen LogP contribution in [-0.2, 0) is 4.79 Å². The van der Waals surface area contributed by atoms with Crippen LogP contribution in [0.15, 0.2) is 90.1 Å². The number of nitrogens with one attached hydrogen (secondary N) is 2. The van der Waals surface area contributed by atoms with E-state index in [9.17, 15) is 4.79 Å². The molecule has 1 atom stereocenters. The fourth-order valence-electron chi connectivity index (χ4n) is 4.88. The summed E-state index contributed by atoms with van der Waals surface area (Å²) in [6.07, 6.45) is 1.26. The second-order valence-electron chi connectivity index (χ2n) is 9.60. The van der Waals surface area contributed by atoms with Gasteiger partial charge in [0.25, 0.3) is 0 Å². The molecule has 1 aliphatic heterocycles. The minimum atomic E-state index is -0.393. The van der Waals surface area contributed by atoms with Crippen LogP contribution in [0.5, 0.6) is 0 Å². The molecule has 0 saturated carbocycles. The first kappa shape index (κ1) is 22.6. The maximum atomic E-state index is 13.7. The standard InChI is InChI=1S/C28H26ClN3OS/c1-28(2)16-22-25(24(33)17-28)26(18-12-14-19(29)15-13-18)32(23-11-7-6-10-21(23)31-22)27(34)30-20-8-4-3-5-9-20/h3-15,26,31H,16-17H2,1-2H3,(H,30,34). The number of nitrogens with zero attached hydrogens (tertiary/aromatic N) is 1. The topological polar surface area (TPSA) is 44.4 Å². The van der Waals surface area contributed by atoms with E-state index < -0.39 is 6.04 Å². The normalized spacial score (nSPS) is 19.0. The fourth-order valence-corrected chi connectivity index (χ4v) is 5.32. The van der Waals surface area contributed by atoms with Gasteiger partial charge in [-0.3, -0.25) is 4.79 Å². The van der Waals surface area contributed by atoms with E-state index in [0.717, 1.165) is 40.3 Å². The van der Waals surface area contributed by atoms with Crippen LogP contribution < -0.4 is 15.5 Å². The number of benzene rings is 3. The third-order valence-electron chi connectivity index (χ3n) is 6.33. The Morgan fingerprint density at radius 2 is 1.68 bits per heavy atom. The number of para-hydroxylation sites is 3. The molecule has 172 valence electrons. The average Bonchev–Trinajstić information content (AvgIpc) is 2.94. The summed E-state index contributed by atoms with van der Waals surface area (Å²) in [5.41, 5.74) is 5.28. The molecular formula is C28H26ClN3OS. The lowest BCUT2D eigenvalue weighted by Gasteiger charge is -2.38. The van der Waals surface area contributed by atoms with E-state index in [2.05, 4.69) is 29.4 Å². The number of fused-ring (bicyclic) bond motifs is 1. The van der Waals surface area contributed by atoms with Gasteiger partial charge in [0.05, 0.1) is 17.4 Å². The summed E-state index contributed by atoms with van der Waals surface area (Å²) in [6.45, 7) is 4.29.